The van der Waals surface area contributed by atoms with Gasteiger partial charge in [0.2, 0.25) is 0 Å². The Kier molecular flexibility index (Phi) is 7.98. The highest BCUT2D eigenvalue weighted by molar-refractivity contribution is 5.83. The molecule has 3 heterocycles. The molecule has 4 N–H and O–H groups in total. The van der Waals surface area contributed by atoms with Crippen LogP contribution in [0.3, 0.4) is 0 Å². The maximum Gasteiger partial charge on any atom is 0.437 e. The summed E-state index contributed by atoms with van der Waals surface area (Å²) >= 11 is 0. The van der Waals surface area contributed by atoms with Crippen molar-refractivity contribution in [3.8, 4) is 11.3 Å². The smallest absolute Gasteiger partial charge is 0.382 e. The summed E-state index contributed by atoms with van der Waals surface area (Å²) in [6, 6.07) is 1.51. The minimum Gasteiger partial charge on any atom is -0.382 e. The lowest BCUT2D eigenvalue weighted by Gasteiger charge is -2.20. The number of halogens is 7. The number of rotatable bonds is 8. The molecule has 0 amide bonds. The van der Waals surface area contributed by atoms with Crippen molar-refractivity contribution in [3.63, 3.8) is 0 Å². The summed E-state index contributed by atoms with van der Waals surface area (Å²) in [5, 5.41) is 7.75. The van der Waals surface area contributed by atoms with Crippen molar-refractivity contribution >= 4 is 22.4 Å². The molecule has 10 nitrogen and oxygen atoms in total. The number of alkyl halides is 6. The lowest BCUT2D eigenvalue weighted by molar-refractivity contribution is -0.140. The molecule has 4 rings (SSSR count). The number of anilines is 2. The van der Waals surface area contributed by atoms with Gasteiger partial charge in [0.25, 0.3) is 11.1 Å². The van der Waals surface area contributed by atoms with Gasteiger partial charge in [-0.25, -0.2) is 24.4 Å². The number of H-pyrrole nitrogens is 1. The normalized spacial score (nSPS) is 13.0. The Bertz CT molecular complexity index is 1700. The molecule has 0 bridgehead atoms. The molecule has 0 spiro atoms. The van der Waals surface area contributed by atoms with Gasteiger partial charge in [0.05, 0.1) is 41.0 Å². The Labute approximate surface area is 225 Å². The van der Waals surface area contributed by atoms with Crippen molar-refractivity contribution in [1.29, 1.82) is 0 Å². The molecule has 0 aliphatic rings. The molecule has 0 aliphatic heterocycles. The second-order valence-corrected chi connectivity index (χ2v) is 8.96. The maximum atomic E-state index is 14.9. The third kappa shape index (κ3) is 6.28. The number of aromatic amines is 1. The molecule has 0 saturated heterocycles. The van der Waals surface area contributed by atoms with Crippen LogP contribution >= 0.6 is 0 Å². The van der Waals surface area contributed by atoms with Gasteiger partial charge in [-0.15, -0.1) is 0 Å². The van der Waals surface area contributed by atoms with Gasteiger partial charge in [0, 0.05) is 18.2 Å². The second kappa shape index (κ2) is 11.1. The minimum absolute atomic E-state index is 0.0394. The highest BCUT2D eigenvalue weighted by atomic mass is 19.4. The molecule has 4 aromatic rings. The van der Waals surface area contributed by atoms with Crippen LogP contribution in [0.15, 0.2) is 40.4 Å². The van der Waals surface area contributed by atoms with E-state index in [0.717, 1.165) is 18.3 Å². The van der Waals surface area contributed by atoms with E-state index in [4.69, 9.17) is 5.73 Å². The molecule has 3 aromatic heterocycles. The largest absolute Gasteiger partial charge is 0.437 e. The van der Waals surface area contributed by atoms with E-state index < -0.39 is 58.1 Å². The van der Waals surface area contributed by atoms with Gasteiger partial charge < -0.3 is 11.1 Å². The predicted molar refractivity (Wildman–Crippen MR) is 133 cm³/mol. The standard InChI is InChI=1S/C24H21F7N8O2/c1-2-11(36-17-9-35-38-21(40)18(17)23(26,27)28)4-3-5-39-10-34-15-7-12(14(25)6-13(15)22(39)41)16-8-33-19(20(32)37-16)24(29,30)31/h6-11H,2-5H2,1H3,(H2,32,37)(H2,36,38,40)/t11-/m0/s1. The molecule has 41 heavy (non-hydrogen) atoms. The summed E-state index contributed by atoms with van der Waals surface area (Å²) in [5.41, 5.74) is -0.442. The molecule has 0 radical (unpaired) electrons. The number of aryl methyl sites for hydroxylation is 1. The van der Waals surface area contributed by atoms with Crippen LogP contribution in [0.5, 0.6) is 0 Å². The summed E-state index contributed by atoms with van der Waals surface area (Å²) in [4.78, 5) is 35.6. The molecule has 0 fully saturated rings. The molecule has 17 heteroatoms. The van der Waals surface area contributed by atoms with Crippen LogP contribution < -0.4 is 22.2 Å². The molecule has 0 aliphatic carbocycles. The number of nitrogen functional groups attached to an aromatic ring is 1. The summed E-state index contributed by atoms with van der Waals surface area (Å²) in [6.07, 6.45) is -5.98. The molecular weight excluding hydrogens is 565 g/mol. The van der Waals surface area contributed by atoms with Gasteiger partial charge in [-0.1, -0.05) is 6.92 Å². The molecule has 1 atom stereocenters. The first kappa shape index (κ1) is 29.4. The van der Waals surface area contributed by atoms with E-state index >= 15 is 0 Å². The van der Waals surface area contributed by atoms with Crippen molar-refractivity contribution in [2.75, 3.05) is 11.1 Å². The molecule has 1 aromatic carbocycles. The van der Waals surface area contributed by atoms with E-state index in [1.165, 1.54) is 10.9 Å². The quantitative estimate of drug-likeness (QED) is 0.258. The number of aromatic nitrogens is 6. The second-order valence-electron chi connectivity index (χ2n) is 8.96. The Hall–Kier alpha value is -4.57. The van der Waals surface area contributed by atoms with Crippen LogP contribution in [-0.4, -0.2) is 35.8 Å². The fourth-order valence-electron chi connectivity index (χ4n) is 4.18. The lowest BCUT2D eigenvalue weighted by atomic mass is 10.1. The third-order valence-electron chi connectivity index (χ3n) is 6.20. The Morgan fingerprint density at radius 2 is 1.80 bits per heavy atom. The summed E-state index contributed by atoms with van der Waals surface area (Å²) in [5.74, 6) is -1.91. The summed E-state index contributed by atoms with van der Waals surface area (Å²) in [6.45, 7) is 1.81. The SMILES string of the molecule is CC[C@@H](CCCn1cnc2cc(-c3cnc(C(F)(F)F)c(N)n3)c(F)cc2c1=O)Nc1cn[nH]c(=O)c1C(F)(F)F. The van der Waals surface area contributed by atoms with Crippen LogP contribution in [0.4, 0.5) is 42.2 Å². The molecule has 0 saturated carbocycles. The van der Waals surface area contributed by atoms with Gasteiger partial charge in [-0.3, -0.25) is 14.2 Å². The number of nitrogens with one attached hydrogen (secondary N) is 2. The molecular formula is C24H21F7N8O2. The van der Waals surface area contributed by atoms with E-state index in [1.54, 1.807) is 12.0 Å². The highest BCUT2D eigenvalue weighted by Gasteiger charge is 2.38. The van der Waals surface area contributed by atoms with Gasteiger partial charge in [-0.2, -0.15) is 31.4 Å². The number of fused-ring (bicyclic) bond motifs is 1. The Balaban J connectivity index is 1.52. The van der Waals surface area contributed by atoms with Gasteiger partial charge >= 0.3 is 12.4 Å². The van der Waals surface area contributed by atoms with Crippen LogP contribution in [-0.2, 0) is 18.9 Å². The average molecular weight is 586 g/mol. The third-order valence-corrected chi connectivity index (χ3v) is 6.20. The van der Waals surface area contributed by atoms with Crippen molar-refractivity contribution in [1.82, 2.24) is 29.7 Å². The number of hydrogen-bond donors (Lipinski definition) is 3. The molecule has 0 unspecified atom stereocenters. The van der Waals surface area contributed by atoms with Gasteiger partial charge in [0.1, 0.15) is 11.4 Å². The zero-order chi connectivity index (χ0) is 30.1. The highest BCUT2D eigenvalue weighted by Crippen LogP contribution is 2.33. The first-order valence-electron chi connectivity index (χ1n) is 12.0. The number of nitrogens with two attached hydrogens (primary N) is 1. The minimum atomic E-state index is -4.90. The predicted octanol–water partition coefficient (Wildman–Crippen LogP) is 4.37. The number of benzene rings is 1. The van der Waals surface area contributed by atoms with E-state index in [1.807, 2.05) is 0 Å². The Morgan fingerprint density at radius 1 is 1.07 bits per heavy atom. The fourth-order valence-corrected chi connectivity index (χ4v) is 4.18. The Morgan fingerprint density at radius 3 is 2.44 bits per heavy atom. The van der Waals surface area contributed by atoms with E-state index in [2.05, 4.69) is 25.4 Å². The monoisotopic (exact) mass is 586 g/mol. The van der Waals surface area contributed by atoms with Crippen molar-refractivity contribution in [2.45, 2.75) is 51.1 Å². The van der Waals surface area contributed by atoms with Gasteiger partial charge in [-0.05, 0) is 31.4 Å². The van der Waals surface area contributed by atoms with Crippen LogP contribution in [0.1, 0.15) is 37.4 Å². The van der Waals surface area contributed by atoms with Crippen molar-refractivity contribution in [3.05, 3.63) is 68.6 Å². The van der Waals surface area contributed by atoms with Crippen molar-refractivity contribution in [2.24, 2.45) is 0 Å². The first-order chi connectivity index (χ1) is 19.2. The lowest BCUT2D eigenvalue weighted by Crippen LogP contribution is -2.28. The fraction of sp³-hybridized carbons (Fsp3) is 0.333. The van der Waals surface area contributed by atoms with E-state index in [-0.39, 0.29) is 28.7 Å². The maximum absolute atomic E-state index is 14.9. The number of nitrogens with zero attached hydrogens (tertiary/aromatic N) is 5. The van der Waals surface area contributed by atoms with Crippen LogP contribution in [0.25, 0.3) is 22.2 Å². The first-order valence-corrected chi connectivity index (χ1v) is 12.0. The molecule has 218 valence electrons. The number of hydrogen-bond acceptors (Lipinski definition) is 8. The summed E-state index contributed by atoms with van der Waals surface area (Å²) in [7, 11) is 0. The van der Waals surface area contributed by atoms with E-state index in [9.17, 15) is 40.3 Å². The average Bonchev–Trinajstić information content (AvgIpc) is 2.88. The van der Waals surface area contributed by atoms with Crippen LogP contribution in [0, 0.1) is 5.82 Å². The zero-order valence-corrected chi connectivity index (χ0v) is 21.1. The van der Waals surface area contributed by atoms with Crippen molar-refractivity contribution < 1.29 is 30.7 Å². The van der Waals surface area contributed by atoms with Crippen LogP contribution in [0.2, 0.25) is 0 Å². The topological polar surface area (TPSA) is 144 Å². The van der Waals surface area contributed by atoms with E-state index in [0.29, 0.717) is 25.5 Å². The zero-order valence-electron chi connectivity index (χ0n) is 21.1. The summed E-state index contributed by atoms with van der Waals surface area (Å²) < 4.78 is 94.8. The van der Waals surface area contributed by atoms with Gasteiger partial charge in [0.15, 0.2) is 11.5 Å².